The lowest BCUT2D eigenvalue weighted by Gasteiger charge is -2.32. The fourth-order valence-corrected chi connectivity index (χ4v) is 2.40. The minimum absolute atomic E-state index is 0.115. The highest BCUT2D eigenvalue weighted by molar-refractivity contribution is 5.73. The summed E-state index contributed by atoms with van der Waals surface area (Å²) in [5, 5.41) is 10.6. The standard InChI is InChI=1S/C12H17N5O3/c13-11(18)4-3-9-2-1-5-16(8-9)12-14-6-10(7-15-12)17(19)20/h6-7,9H,1-5,8H2,(H2,13,18). The fourth-order valence-electron chi connectivity index (χ4n) is 2.40. The number of nitrogens with zero attached hydrogens (tertiary/aromatic N) is 4. The normalized spacial score (nSPS) is 18.8. The SMILES string of the molecule is NC(=O)CCC1CCCN(c2ncc([N+](=O)[O-])cn2)C1. The van der Waals surface area contributed by atoms with Crippen LogP contribution in [0.3, 0.4) is 0 Å². The molecule has 1 aliphatic rings. The van der Waals surface area contributed by atoms with Crippen LogP contribution in [-0.2, 0) is 4.79 Å². The van der Waals surface area contributed by atoms with Gasteiger partial charge in [0.15, 0.2) is 0 Å². The van der Waals surface area contributed by atoms with Crippen LogP contribution >= 0.6 is 0 Å². The van der Waals surface area contributed by atoms with Crippen LogP contribution in [0.25, 0.3) is 0 Å². The van der Waals surface area contributed by atoms with E-state index >= 15 is 0 Å². The van der Waals surface area contributed by atoms with E-state index in [0.29, 0.717) is 18.3 Å². The van der Waals surface area contributed by atoms with E-state index in [1.165, 1.54) is 12.4 Å². The Morgan fingerprint density at radius 3 is 2.80 bits per heavy atom. The molecule has 2 rings (SSSR count). The Balaban J connectivity index is 1.97. The maximum absolute atomic E-state index is 10.8. The molecule has 0 bridgehead atoms. The molecule has 108 valence electrons. The van der Waals surface area contributed by atoms with Gasteiger partial charge in [0.2, 0.25) is 11.9 Å². The first-order valence-corrected chi connectivity index (χ1v) is 6.56. The number of anilines is 1. The van der Waals surface area contributed by atoms with E-state index in [9.17, 15) is 14.9 Å². The van der Waals surface area contributed by atoms with Crippen molar-refractivity contribution >= 4 is 17.5 Å². The first kappa shape index (κ1) is 14.2. The molecule has 8 nitrogen and oxygen atoms in total. The summed E-state index contributed by atoms with van der Waals surface area (Å²) < 4.78 is 0. The number of piperidine rings is 1. The molecule has 1 aromatic rings. The monoisotopic (exact) mass is 279 g/mol. The molecular formula is C12H17N5O3. The van der Waals surface area contributed by atoms with Gasteiger partial charge in [-0.3, -0.25) is 14.9 Å². The van der Waals surface area contributed by atoms with E-state index in [1.807, 2.05) is 4.90 Å². The molecule has 1 atom stereocenters. The van der Waals surface area contributed by atoms with Crippen molar-refractivity contribution in [2.45, 2.75) is 25.7 Å². The molecule has 2 N–H and O–H groups in total. The van der Waals surface area contributed by atoms with Gasteiger partial charge < -0.3 is 10.6 Å². The van der Waals surface area contributed by atoms with Gasteiger partial charge >= 0.3 is 5.69 Å². The molecule has 0 saturated carbocycles. The molecule has 1 amide bonds. The van der Waals surface area contributed by atoms with Gasteiger partial charge in [0.25, 0.3) is 0 Å². The third-order valence-corrected chi connectivity index (χ3v) is 3.44. The van der Waals surface area contributed by atoms with Crippen molar-refractivity contribution in [1.82, 2.24) is 9.97 Å². The van der Waals surface area contributed by atoms with Crippen molar-refractivity contribution in [2.75, 3.05) is 18.0 Å². The fraction of sp³-hybridized carbons (Fsp3) is 0.583. The lowest BCUT2D eigenvalue weighted by molar-refractivity contribution is -0.385. The summed E-state index contributed by atoms with van der Waals surface area (Å²) >= 11 is 0. The predicted octanol–water partition coefficient (Wildman–Crippen LogP) is 0.867. The van der Waals surface area contributed by atoms with E-state index in [0.717, 1.165) is 32.4 Å². The summed E-state index contributed by atoms with van der Waals surface area (Å²) in [4.78, 5) is 30.9. The number of nitro groups is 1. The average molecular weight is 279 g/mol. The highest BCUT2D eigenvalue weighted by Crippen LogP contribution is 2.24. The molecule has 1 aliphatic heterocycles. The Morgan fingerprint density at radius 2 is 2.20 bits per heavy atom. The molecule has 1 fully saturated rings. The molecule has 2 heterocycles. The second-order valence-corrected chi connectivity index (χ2v) is 4.96. The summed E-state index contributed by atoms with van der Waals surface area (Å²) in [5.41, 5.74) is 5.04. The van der Waals surface area contributed by atoms with Crippen LogP contribution in [-0.4, -0.2) is 33.9 Å². The van der Waals surface area contributed by atoms with Gasteiger partial charge in [0.05, 0.1) is 4.92 Å². The largest absolute Gasteiger partial charge is 0.370 e. The van der Waals surface area contributed by atoms with Gasteiger partial charge in [-0.2, -0.15) is 0 Å². The molecule has 0 aromatic carbocycles. The van der Waals surface area contributed by atoms with Crippen molar-refractivity contribution in [2.24, 2.45) is 11.7 Å². The minimum atomic E-state index is -0.518. The zero-order valence-corrected chi connectivity index (χ0v) is 11.1. The highest BCUT2D eigenvalue weighted by Gasteiger charge is 2.22. The molecule has 0 radical (unpaired) electrons. The Bertz CT molecular complexity index is 490. The van der Waals surface area contributed by atoms with Crippen LogP contribution in [0.5, 0.6) is 0 Å². The zero-order valence-electron chi connectivity index (χ0n) is 11.1. The lowest BCUT2D eigenvalue weighted by Crippen LogP contribution is -2.36. The smallest absolute Gasteiger partial charge is 0.305 e. The number of rotatable bonds is 5. The van der Waals surface area contributed by atoms with Crippen LogP contribution < -0.4 is 10.6 Å². The van der Waals surface area contributed by atoms with E-state index < -0.39 is 4.92 Å². The van der Waals surface area contributed by atoms with Crippen LogP contribution in [0.15, 0.2) is 12.4 Å². The van der Waals surface area contributed by atoms with E-state index in [2.05, 4.69) is 9.97 Å². The molecule has 1 saturated heterocycles. The first-order valence-electron chi connectivity index (χ1n) is 6.56. The Morgan fingerprint density at radius 1 is 1.50 bits per heavy atom. The summed E-state index contributed by atoms with van der Waals surface area (Å²) in [6, 6.07) is 0. The van der Waals surface area contributed by atoms with E-state index in [1.54, 1.807) is 0 Å². The Kier molecular flexibility index (Phi) is 4.44. The third-order valence-electron chi connectivity index (χ3n) is 3.44. The van der Waals surface area contributed by atoms with E-state index in [4.69, 9.17) is 5.73 Å². The number of hydrogen-bond donors (Lipinski definition) is 1. The molecule has 0 spiro atoms. The second kappa shape index (κ2) is 6.27. The summed E-state index contributed by atoms with van der Waals surface area (Å²) in [5.74, 6) is 0.600. The van der Waals surface area contributed by atoms with Crippen LogP contribution in [0.1, 0.15) is 25.7 Å². The molecule has 8 heteroatoms. The number of carbonyl (C=O) groups is 1. The maximum atomic E-state index is 10.8. The van der Waals surface area contributed by atoms with Gasteiger partial charge in [0.1, 0.15) is 12.4 Å². The number of amides is 1. The van der Waals surface area contributed by atoms with Crippen LogP contribution in [0.4, 0.5) is 11.6 Å². The maximum Gasteiger partial charge on any atom is 0.305 e. The molecule has 20 heavy (non-hydrogen) atoms. The number of carbonyl (C=O) groups excluding carboxylic acids is 1. The van der Waals surface area contributed by atoms with E-state index in [-0.39, 0.29) is 11.6 Å². The van der Waals surface area contributed by atoms with Crippen molar-refractivity contribution in [3.05, 3.63) is 22.5 Å². The summed E-state index contributed by atoms with van der Waals surface area (Å²) in [6.07, 6.45) is 5.63. The minimum Gasteiger partial charge on any atom is -0.370 e. The molecular weight excluding hydrogens is 262 g/mol. The topological polar surface area (TPSA) is 115 Å². The number of aromatic nitrogens is 2. The predicted molar refractivity (Wildman–Crippen MR) is 72.1 cm³/mol. The van der Waals surface area contributed by atoms with Crippen molar-refractivity contribution in [1.29, 1.82) is 0 Å². The third kappa shape index (κ3) is 3.62. The molecule has 1 aromatic heterocycles. The first-order chi connectivity index (χ1) is 9.56. The number of hydrogen-bond acceptors (Lipinski definition) is 6. The van der Waals surface area contributed by atoms with Gasteiger partial charge in [-0.25, -0.2) is 9.97 Å². The lowest BCUT2D eigenvalue weighted by atomic mass is 9.93. The van der Waals surface area contributed by atoms with Crippen molar-refractivity contribution < 1.29 is 9.72 Å². The van der Waals surface area contributed by atoms with Gasteiger partial charge in [0, 0.05) is 19.5 Å². The van der Waals surface area contributed by atoms with Crippen molar-refractivity contribution in [3.8, 4) is 0 Å². The quantitative estimate of drug-likeness (QED) is 0.631. The summed E-state index contributed by atoms with van der Waals surface area (Å²) in [7, 11) is 0. The van der Waals surface area contributed by atoms with Crippen LogP contribution in [0, 0.1) is 16.0 Å². The van der Waals surface area contributed by atoms with Gasteiger partial charge in [-0.05, 0) is 25.2 Å². The summed E-state index contributed by atoms with van der Waals surface area (Å²) in [6.45, 7) is 1.58. The number of primary amides is 1. The zero-order chi connectivity index (χ0) is 14.5. The molecule has 1 unspecified atom stereocenters. The molecule has 0 aliphatic carbocycles. The van der Waals surface area contributed by atoms with Gasteiger partial charge in [-0.1, -0.05) is 0 Å². The van der Waals surface area contributed by atoms with Gasteiger partial charge in [-0.15, -0.1) is 0 Å². The average Bonchev–Trinajstić information content (AvgIpc) is 2.45. The highest BCUT2D eigenvalue weighted by atomic mass is 16.6. The van der Waals surface area contributed by atoms with Crippen molar-refractivity contribution in [3.63, 3.8) is 0 Å². The second-order valence-electron chi connectivity index (χ2n) is 4.96. The Hall–Kier alpha value is -2.25. The number of nitrogens with two attached hydrogens (primary N) is 1. The van der Waals surface area contributed by atoms with Crippen LogP contribution in [0.2, 0.25) is 0 Å². The Labute approximate surface area is 116 Å².